The van der Waals surface area contributed by atoms with Crippen LogP contribution >= 0.6 is 0 Å². The molecule has 1 aliphatic rings. The van der Waals surface area contributed by atoms with Crippen LogP contribution in [0.15, 0.2) is 55.2 Å². The Kier molecular flexibility index (Phi) is 7.88. The molecule has 0 unspecified atom stereocenters. The maximum atomic E-state index is 15.4. The monoisotopic (exact) mass is 558 g/mol. The van der Waals surface area contributed by atoms with Crippen LogP contribution in [-0.2, 0) is 22.1 Å². The Morgan fingerprint density at radius 2 is 1.92 bits per heavy atom. The Morgan fingerprint density at radius 1 is 1.21 bits per heavy atom. The Balaban J connectivity index is 1.71. The highest BCUT2D eigenvalue weighted by molar-refractivity contribution is 7.90. The van der Waals surface area contributed by atoms with Crippen molar-refractivity contribution in [1.29, 1.82) is 5.41 Å². The van der Waals surface area contributed by atoms with Gasteiger partial charge in [0.1, 0.15) is 28.9 Å². The van der Waals surface area contributed by atoms with Crippen molar-refractivity contribution in [3.05, 3.63) is 83.7 Å². The lowest BCUT2D eigenvalue weighted by Gasteiger charge is -2.47. The Labute approximate surface area is 224 Å². The number of amides is 1. The number of pyridine rings is 1. The summed E-state index contributed by atoms with van der Waals surface area (Å²) in [4.78, 5) is 26.3. The average Bonchev–Trinajstić information content (AvgIpc) is 2.91. The van der Waals surface area contributed by atoms with E-state index in [4.69, 9.17) is 5.41 Å². The molecule has 11 nitrogen and oxygen atoms in total. The fourth-order valence-electron chi connectivity index (χ4n) is 4.45. The Bertz CT molecular complexity index is 1470. The molecule has 14 heteroatoms. The number of nitrogens with one attached hydrogen (secondary N) is 3. The van der Waals surface area contributed by atoms with Crippen LogP contribution in [-0.4, -0.2) is 69.8 Å². The molecule has 0 aliphatic carbocycles. The molecule has 1 amide bonds. The van der Waals surface area contributed by atoms with Crippen molar-refractivity contribution in [2.24, 2.45) is 0 Å². The molecule has 0 saturated carbocycles. The molecule has 1 fully saturated rings. The summed E-state index contributed by atoms with van der Waals surface area (Å²) in [6.07, 6.45) is 5.56. The quantitative estimate of drug-likeness (QED) is 0.382. The Morgan fingerprint density at radius 3 is 2.56 bits per heavy atom. The first-order valence-electron chi connectivity index (χ1n) is 12.0. The van der Waals surface area contributed by atoms with Gasteiger partial charge in [-0.15, -0.1) is 0 Å². The normalized spacial score (nSPS) is 20.5. The summed E-state index contributed by atoms with van der Waals surface area (Å²) in [7, 11) is -2.87. The lowest BCUT2D eigenvalue weighted by molar-refractivity contribution is 0.102. The second-order valence-corrected chi connectivity index (χ2v) is 11.4. The van der Waals surface area contributed by atoms with Gasteiger partial charge in [-0.1, -0.05) is 6.92 Å². The summed E-state index contributed by atoms with van der Waals surface area (Å²) in [5.41, 5.74) is -0.772. The van der Waals surface area contributed by atoms with E-state index >= 15 is 4.39 Å². The van der Waals surface area contributed by atoms with Crippen LogP contribution in [0.4, 0.5) is 14.5 Å². The highest BCUT2D eigenvalue weighted by Crippen LogP contribution is 2.37. The molecule has 3 heterocycles. The molecule has 0 radical (unpaired) electrons. The smallest absolute Gasteiger partial charge is 0.274 e. The zero-order valence-electron chi connectivity index (χ0n) is 21.5. The number of hydrogen-bond donors (Lipinski definition) is 3. The standard InChI is InChI=1S/C25H28F2N8O3S/c1-4-35(13-16-10-29-15-30-11-16)14-22-25(2,33-24(28)34(3)39(22,37)38)19-9-18(6-7-20(19)27)32-23(36)21-8-5-17(26)12-31-21/h5-12,15,22H,4,13-14H2,1-3H3,(H2,28,33)(H,32,36)/t22-,25+/m0/s1. The van der Waals surface area contributed by atoms with Gasteiger partial charge in [-0.2, -0.15) is 0 Å². The fraction of sp³-hybridized carbons (Fsp3) is 0.320. The molecular weight excluding hydrogens is 530 g/mol. The molecule has 1 aromatic carbocycles. The molecule has 1 saturated heterocycles. The van der Waals surface area contributed by atoms with E-state index < -0.39 is 44.3 Å². The van der Waals surface area contributed by atoms with Gasteiger partial charge in [0.15, 0.2) is 0 Å². The molecule has 3 aromatic rings. The highest BCUT2D eigenvalue weighted by Gasteiger charge is 2.53. The van der Waals surface area contributed by atoms with Crippen LogP contribution in [0.1, 0.15) is 35.5 Å². The Hall–Kier alpha value is -4.04. The summed E-state index contributed by atoms with van der Waals surface area (Å²) in [6, 6.07) is 6.05. The van der Waals surface area contributed by atoms with Crippen molar-refractivity contribution < 1.29 is 22.0 Å². The van der Waals surface area contributed by atoms with Crippen molar-refractivity contribution in [2.45, 2.75) is 31.2 Å². The second kappa shape index (κ2) is 11.0. The van der Waals surface area contributed by atoms with E-state index in [1.54, 1.807) is 12.4 Å². The number of benzene rings is 1. The van der Waals surface area contributed by atoms with Gasteiger partial charge in [0, 0.05) is 49.3 Å². The van der Waals surface area contributed by atoms with Gasteiger partial charge in [-0.25, -0.2) is 36.5 Å². The van der Waals surface area contributed by atoms with Crippen LogP contribution in [0, 0.1) is 17.0 Å². The van der Waals surface area contributed by atoms with Crippen LogP contribution in [0.5, 0.6) is 0 Å². The second-order valence-electron chi connectivity index (χ2n) is 9.26. The predicted octanol–water partition coefficient (Wildman–Crippen LogP) is 2.31. The van der Waals surface area contributed by atoms with Crippen LogP contribution in [0.25, 0.3) is 0 Å². The summed E-state index contributed by atoms with van der Waals surface area (Å²) in [6.45, 7) is 4.20. The number of sulfonamides is 1. The van der Waals surface area contributed by atoms with E-state index in [2.05, 4.69) is 25.6 Å². The molecule has 39 heavy (non-hydrogen) atoms. The maximum absolute atomic E-state index is 15.4. The van der Waals surface area contributed by atoms with Gasteiger partial charge in [0.2, 0.25) is 16.0 Å². The zero-order valence-corrected chi connectivity index (χ0v) is 22.3. The molecule has 2 atom stereocenters. The fourth-order valence-corrected chi connectivity index (χ4v) is 6.32. The van der Waals surface area contributed by atoms with Crippen molar-refractivity contribution >= 4 is 27.6 Å². The number of halogens is 2. The number of anilines is 1. The number of guanidine groups is 1. The van der Waals surface area contributed by atoms with E-state index in [0.29, 0.717) is 13.1 Å². The topological polar surface area (TPSA) is 144 Å². The summed E-state index contributed by atoms with van der Waals surface area (Å²) in [5.74, 6) is -2.40. The third-order valence-electron chi connectivity index (χ3n) is 6.71. The first kappa shape index (κ1) is 28.0. The van der Waals surface area contributed by atoms with Crippen molar-refractivity contribution in [1.82, 2.24) is 29.5 Å². The van der Waals surface area contributed by atoms with E-state index in [1.165, 1.54) is 38.5 Å². The molecule has 1 aliphatic heterocycles. The van der Waals surface area contributed by atoms with Gasteiger partial charge in [0.25, 0.3) is 5.91 Å². The maximum Gasteiger partial charge on any atom is 0.274 e. The first-order valence-corrected chi connectivity index (χ1v) is 13.5. The largest absolute Gasteiger partial charge is 0.345 e. The van der Waals surface area contributed by atoms with Crippen molar-refractivity contribution in [3.8, 4) is 0 Å². The van der Waals surface area contributed by atoms with Crippen LogP contribution in [0.3, 0.4) is 0 Å². The van der Waals surface area contributed by atoms with Gasteiger partial charge in [-0.3, -0.25) is 15.1 Å². The van der Waals surface area contributed by atoms with Gasteiger partial charge in [0.05, 0.1) is 11.7 Å². The summed E-state index contributed by atoms with van der Waals surface area (Å²) >= 11 is 0. The van der Waals surface area contributed by atoms with Crippen LogP contribution < -0.4 is 10.6 Å². The molecule has 2 aromatic heterocycles. The molecule has 0 spiro atoms. The lowest BCUT2D eigenvalue weighted by Crippen LogP contribution is -2.68. The van der Waals surface area contributed by atoms with E-state index in [9.17, 15) is 17.6 Å². The third-order valence-corrected chi connectivity index (χ3v) is 9.00. The van der Waals surface area contributed by atoms with E-state index in [0.717, 1.165) is 28.2 Å². The average molecular weight is 559 g/mol. The zero-order chi connectivity index (χ0) is 28.4. The van der Waals surface area contributed by atoms with Crippen molar-refractivity contribution in [2.75, 3.05) is 25.5 Å². The number of aromatic nitrogens is 3. The third kappa shape index (κ3) is 5.71. The van der Waals surface area contributed by atoms with Gasteiger partial charge < -0.3 is 10.6 Å². The minimum Gasteiger partial charge on any atom is -0.345 e. The minimum absolute atomic E-state index is 0.00955. The van der Waals surface area contributed by atoms with E-state index in [1.807, 2.05) is 11.8 Å². The first-order chi connectivity index (χ1) is 18.5. The van der Waals surface area contributed by atoms with Crippen molar-refractivity contribution in [3.63, 3.8) is 0 Å². The predicted molar refractivity (Wildman–Crippen MR) is 140 cm³/mol. The number of rotatable bonds is 8. The number of carbonyl (C=O) groups is 1. The molecule has 3 N–H and O–H groups in total. The van der Waals surface area contributed by atoms with Crippen LogP contribution in [0.2, 0.25) is 0 Å². The SMILES string of the molecule is CCN(Cc1cncnc1)C[C@H]1[C@@](C)(c2cc(NC(=O)c3ccc(F)cn3)ccc2F)NC(=N)N(C)S1(=O)=O. The molecular formula is C25H28F2N8O3S. The van der Waals surface area contributed by atoms with Gasteiger partial charge in [-0.05, 0) is 43.8 Å². The van der Waals surface area contributed by atoms with Gasteiger partial charge >= 0.3 is 0 Å². The number of hydrogen-bond acceptors (Lipinski definition) is 8. The molecule has 206 valence electrons. The molecule has 4 rings (SSSR count). The number of nitrogens with zero attached hydrogens (tertiary/aromatic N) is 5. The summed E-state index contributed by atoms with van der Waals surface area (Å²) < 4.78 is 56.8. The van der Waals surface area contributed by atoms with E-state index in [-0.39, 0.29) is 23.5 Å². The lowest BCUT2D eigenvalue weighted by atomic mass is 9.86. The number of carbonyl (C=O) groups excluding carboxylic acids is 1. The minimum atomic E-state index is -4.13. The molecule has 0 bridgehead atoms. The summed E-state index contributed by atoms with van der Waals surface area (Å²) in [5, 5.41) is 12.5. The highest BCUT2D eigenvalue weighted by atomic mass is 32.2.